The van der Waals surface area contributed by atoms with E-state index in [1.165, 1.54) is 11.1 Å². The topological polar surface area (TPSA) is 120 Å². The van der Waals surface area contributed by atoms with Gasteiger partial charge in [-0.15, -0.1) is 0 Å². The first-order valence-electron chi connectivity index (χ1n) is 6.56. The Hall–Kier alpha value is -2.69. The van der Waals surface area contributed by atoms with Crippen LogP contribution in [-0.2, 0) is 4.79 Å². The van der Waals surface area contributed by atoms with Crippen LogP contribution in [0.5, 0.6) is 0 Å². The Labute approximate surface area is 120 Å². The highest BCUT2D eigenvalue weighted by Crippen LogP contribution is 2.32. The van der Waals surface area contributed by atoms with Gasteiger partial charge in [0.1, 0.15) is 12.6 Å². The summed E-state index contributed by atoms with van der Waals surface area (Å²) in [4.78, 5) is 27.0. The minimum atomic E-state index is -1.07. The lowest BCUT2D eigenvalue weighted by Gasteiger charge is -2.27. The summed E-state index contributed by atoms with van der Waals surface area (Å²) in [7, 11) is 0. The molecule has 0 aromatic carbocycles. The molecule has 21 heavy (non-hydrogen) atoms. The van der Waals surface area contributed by atoms with Crippen LogP contribution in [0.25, 0.3) is 0 Å². The third-order valence-corrected chi connectivity index (χ3v) is 3.52. The number of aliphatic carboxylic acids is 1. The number of nitrogens with zero attached hydrogens (tertiary/aromatic N) is 4. The maximum Gasteiger partial charge on any atom is 0.323 e. The summed E-state index contributed by atoms with van der Waals surface area (Å²) in [5.41, 5.74) is -0.255. The van der Waals surface area contributed by atoms with Crippen LogP contribution in [0.4, 0.5) is 11.5 Å². The second kappa shape index (κ2) is 6.17. The molecule has 0 aliphatic heterocycles. The van der Waals surface area contributed by atoms with Crippen LogP contribution in [0.15, 0.2) is 12.3 Å². The monoisotopic (exact) mass is 290 g/mol. The summed E-state index contributed by atoms with van der Waals surface area (Å²) in [5, 5.41) is 29.0. The van der Waals surface area contributed by atoms with Crippen LogP contribution in [0, 0.1) is 21.4 Å². The number of nitriles is 1. The molecule has 1 aliphatic carbocycles. The number of carboxylic acid groups (broad SMARTS) is 1. The van der Waals surface area contributed by atoms with Gasteiger partial charge >= 0.3 is 11.7 Å². The summed E-state index contributed by atoms with van der Waals surface area (Å²) in [6.45, 7) is -0.343. The van der Waals surface area contributed by atoms with E-state index in [1.54, 1.807) is 6.07 Å². The molecule has 2 rings (SSSR count). The zero-order valence-corrected chi connectivity index (χ0v) is 11.2. The largest absolute Gasteiger partial charge is 0.480 e. The summed E-state index contributed by atoms with van der Waals surface area (Å²) >= 11 is 0. The number of carboxylic acids is 1. The molecule has 1 aromatic rings. The van der Waals surface area contributed by atoms with E-state index < -0.39 is 10.9 Å². The molecule has 1 heterocycles. The molecule has 110 valence electrons. The van der Waals surface area contributed by atoms with Crippen molar-refractivity contribution in [2.24, 2.45) is 0 Å². The molecule has 1 N–H and O–H groups in total. The Kier molecular flexibility index (Phi) is 4.33. The van der Waals surface area contributed by atoms with E-state index >= 15 is 0 Å². The minimum Gasteiger partial charge on any atom is -0.480 e. The van der Waals surface area contributed by atoms with Gasteiger partial charge in [0.2, 0.25) is 5.82 Å². The van der Waals surface area contributed by atoms with Gasteiger partial charge < -0.3 is 10.0 Å². The lowest BCUT2D eigenvalue weighted by Crippen LogP contribution is -2.38. The summed E-state index contributed by atoms with van der Waals surface area (Å²) < 4.78 is 0. The average molecular weight is 290 g/mol. The molecule has 8 heteroatoms. The highest BCUT2D eigenvalue weighted by atomic mass is 16.6. The number of aromatic nitrogens is 1. The van der Waals surface area contributed by atoms with Crippen LogP contribution in [0.2, 0.25) is 0 Å². The van der Waals surface area contributed by atoms with Crippen molar-refractivity contribution in [2.75, 3.05) is 11.4 Å². The fourth-order valence-corrected chi connectivity index (χ4v) is 2.60. The van der Waals surface area contributed by atoms with Gasteiger partial charge in [-0.25, -0.2) is 4.98 Å². The second-order valence-corrected chi connectivity index (χ2v) is 4.90. The quantitative estimate of drug-likeness (QED) is 0.647. The standard InChI is InChI=1S/C13H14N4O4/c14-6-9-5-11(17(20)21)13(15-7-9)16(8-12(18)19)10-3-1-2-4-10/h5,7,10H,1-4,8H2,(H,18,19). The van der Waals surface area contributed by atoms with Crippen molar-refractivity contribution < 1.29 is 14.8 Å². The van der Waals surface area contributed by atoms with Gasteiger partial charge in [-0.05, 0) is 12.8 Å². The molecule has 0 saturated heterocycles. The fraction of sp³-hybridized carbons (Fsp3) is 0.462. The molecule has 0 atom stereocenters. The predicted octanol–water partition coefficient (Wildman–Crippen LogP) is 1.70. The first-order chi connectivity index (χ1) is 10.0. The van der Waals surface area contributed by atoms with Crippen LogP contribution >= 0.6 is 0 Å². The Balaban J connectivity index is 2.45. The third-order valence-electron chi connectivity index (χ3n) is 3.52. The van der Waals surface area contributed by atoms with E-state index in [4.69, 9.17) is 10.4 Å². The van der Waals surface area contributed by atoms with Gasteiger partial charge in [-0.2, -0.15) is 5.26 Å². The Morgan fingerprint density at radius 3 is 2.76 bits per heavy atom. The number of pyridine rings is 1. The molecule has 0 radical (unpaired) electrons. The summed E-state index contributed by atoms with van der Waals surface area (Å²) in [5.74, 6) is -1.05. The smallest absolute Gasteiger partial charge is 0.323 e. The predicted molar refractivity (Wildman–Crippen MR) is 72.8 cm³/mol. The normalized spacial score (nSPS) is 14.6. The molecule has 0 unspecified atom stereocenters. The Morgan fingerprint density at radius 2 is 2.24 bits per heavy atom. The van der Waals surface area contributed by atoms with Crippen molar-refractivity contribution in [3.63, 3.8) is 0 Å². The second-order valence-electron chi connectivity index (χ2n) is 4.90. The molecular weight excluding hydrogens is 276 g/mol. The SMILES string of the molecule is N#Cc1cnc(N(CC(=O)O)C2CCCC2)c([N+](=O)[O-])c1. The van der Waals surface area contributed by atoms with Crippen LogP contribution < -0.4 is 4.90 Å². The fourth-order valence-electron chi connectivity index (χ4n) is 2.60. The van der Waals surface area contributed by atoms with E-state index in [0.29, 0.717) is 0 Å². The van der Waals surface area contributed by atoms with Crippen molar-refractivity contribution in [3.05, 3.63) is 27.9 Å². The number of nitro groups is 1. The first-order valence-corrected chi connectivity index (χ1v) is 6.56. The molecule has 1 fully saturated rings. The molecule has 0 amide bonds. The molecule has 1 saturated carbocycles. The van der Waals surface area contributed by atoms with Crippen molar-refractivity contribution in [1.29, 1.82) is 5.26 Å². The van der Waals surface area contributed by atoms with E-state index in [0.717, 1.165) is 31.7 Å². The highest BCUT2D eigenvalue weighted by molar-refractivity contribution is 5.75. The number of hydrogen-bond donors (Lipinski definition) is 1. The van der Waals surface area contributed by atoms with E-state index in [9.17, 15) is 14.9 Å². The van der Waals surface area contributed by atoms with Crippen molar-refractivity contribution in [2.45, 2.75) is 31.7 Å². The van der Waals surface area contributed by atoms with Gasteiger partial charge in [-0.1, -0.05) is 12.8 Å². The molecule has 0 spiro atoms. The average Bonchev–Trinajstić information content (AvgIpc) is 2.98. The Morgan fingerprint density at radius 1 is 1.57 bits per heavy atom. The van der Waals surface area contributed by atoms with E-state index in [2.05, 4.69) is 4.98 Å². The summed E-state index contributed by atoms with van der Waals surface area (Å²) in [6.07, 6.45) is 4.72. The first kappa shape index (κ1) is 14.7. The number of carbonyl (C=O) groups is 1. The van der Waals surface area contributed by atoms with Gasteiger partial charge in [-0.3, -0.25) is 14.9 Å². The highest BCUT2D eigenvalue weighted by Gasteiger charge is 2.31. The van der Waals surface area contributed by atoms with Crippen molar-refractivity contribution in [1.82, 2.24) is 4.98 Å². The number of anilines is 1. The third kappa shape index (κ3) is 3.25. The molecule has 1 aliphatic rings. The zero-order valence-electron chi connectivity index (χ0n) is 11.2. The van der Waals surface area contributed by atoms with Crippen LogP contribution in [-0.4, -0.2) is 33.6 Å². The summed E-state index contributed by atoms with van der Waals surface area (Å²) in [6, 6.07) is 2.86. The lowest BCUT2D eigenvalue weighted by molar-refractivity contribution is -0.384. The van der Waals surface area contributed by atoms with Gasteiger partial charge in [0.25, 0.3) is 0 Å². The lowest BCUT2D eigenvalue weighted by atomic mass is 10.2. The van der Waals surface area contributed by atoms with Crippen molar-refractivity contribution >= 4 is 17.5 Å². The van der Waals surface area contributed by atoms with E-state index in [-0.39, 0.29) is 29.7 Å². The van der Waals surface area contributed by atoms with Crippen LogP contribution in [0.1, 0.15) is 31.2 Å². The number of hydrogen-bond acceptors (Lipinski definition) is 6. The minimum absolute atomic E-state index is 0.0216. The van der Waals surface area contributed by atoms with Crippen LogP contribution in [0.3, 0.4) is 0 Å². The zero-order chi connectivity index (χ0) is 15.4. The molecule has 8 nitrogen and oxygen atoms in total. The number of rotatable bonds is 5. The molecular formula is C13H14N4O4. The van der Waals surface area contributed by atoms with E-state index in [1.807, 2.05) is 0 Å². The maximum absolute atomic E-state index is 11.2. The van der Waals surface area contributed by atoms with Gasteiger partial charge in [0.15, 0.2) is 0 Å². The Bertz CT molecular complexity index is 605. The molecule has 1 aromatic heterocycles. The van der Waals surface area contributed by atoms with Gasteiger partial charge in [0, 0.05) is 18.3 Å². The maximum atomic E-state index is 11.2. The molecule has 0 bridgehead atoms. The van der Waals surface area contributed by atoms with Gasteiger partial charge in [0.05, 0.1) is 10.5 Å². The van der Waals surface area contributed by atoms with Crippen molar-refractivity contribution in [3.8, 4) is 6.07 Å².